The van der Waals surface area contributed by atoms with Crippen molar-refractivity contribution in [3.63, 3.8) is 0 Å². The first-order chi connectivity index (χ1) is 11.4. The van der Waals surface area contributed by atoms with E-state index in [0.29, 0.717) is 34.1 Å². The Morgan fingerprint density at radius 1 is 1.17 bits per heavy atom. The van der Waals surface area contributed by atoms with Crippen molar-refractivity contribution < 1.29 is 14.3 Å². The Kier molecular flexibility index (Phi) is 6.44. The number of anilines is 2. The molecule has 0 aliphatic carbocycles. The molecule has 0 radical (unpaired) electrons. The molecule has 0 fully saturated rings. The van der Waals surface area contributed by atoms with Gasteiger partial charge in [0.25, 0.3) is 5.91 Å². The van der Waals surface area contributed by atoms with Crippen molar-refractivity contribution in [1.29, 1.82) is 0 Å². The second-order valence-corrected chi connectivity index (χ2v) is 6.47. The topological polar surface area (TPSA) is 67.4 Å². The number of ether oxygens (including phenoxy) is 1. The zero-order valence-electron chi connectivity index (χ0n) is 13.2. The van der Waals surface area contributed by atoms with Crippen molar-refractivity contribution >= 4 is 57.4 Å². The molecule has 0 spiro atoms. The van der Waals surface area contributed by atoms with Gasteiger partial charge < -0.3 is 15.4 Å². The molecule has 0 aromatic heterocycles. The number of carbonyl (C=O) groups excluding carboxylic acids is 2. The van der Waals surface area contributed by atoms with Crippen molar-refractivity contribution in [2.75, 3.05) is 17.7 Å². The summed E-state index contributed by atoms with van der Waals surface area (Å²) < 4.78 is 6.05. The Hall–Kier alpha value is -1.80. The Morgan fingerprint density at radius 2 is 1.83 bits per heavy atom. The van der Waals surface area contributed by atoms with Crippen LogP contribution in [0.1, 0.15) is 23.7 Å². The molecule has 0 saturated carbocycles. The minimum absolute atomic E-state index is 0.0930. The fourth-order valence-electron chi connectivity index (χ4n) is 2.00. The summed E-state index contributed by atoms with van der Waals surface area (Å²) in [6, 6.07) is 10.2. The van der Waals surface area contributed by atoms with Crippen LogP contribution < -0.4 is 15.4 Å². The van der Waals surface area contributed by atoms with Crippen LogP contribution in [0.3, 0.4) is 0 Å². The van der Waals surface area contributed by atoms with E-state index in [0.717, 1.165) is 3.57 Å². The van der Waals surface area contributed by atoms with Gasteiger partial charge in [0.1, 0.15) is 5.75 Å². The molecule has 0 unspecified atom stereocenters. The number of benzene rings is 2. The highest BCUT2D eigenvalue weighted by Crippen LogP contribution is 2.29. The van der Waals surface area contributed by atoms with Gasteiger partial charge in [-0.2, -0.15) is 0 Å². The molecular weight excluding hydrogens is 443 g/mol. The molecule has 2 aromatic carbocycles. The van der Waals surface area contributed by atoms with Gasteiger partial charge in [-0.1, -0.05) is 24.6 Å². The van der Waals surface area contributed by atoms with E-state index >= 15 is 0 Å². The van der Waals surface area contributed by atoms with Crippen LogP contribution in [0.15, 0.2) is 36.4 Å². The summed E-state index contributed by atoms with van der Waals surface area (Å²) >= 11 is 8.17. The third kappa shape index (κ3) is 4.61. The number of hydrogen-bond donors (Lipinski definition) is 2. The Labute approximate surface area is 158 Å². The second kappa shape index (κ2) is 8.34. The smallest absolute Gasteiger partial charge is 0.259 e. The predicted octanol–water partition coefficient (Wildman–Crippen LogP) is 4.55. The van der Waals surface area contributed by atoms with Gasteiger partial charge in [-0.05, 0) is 52.9 Å². The normalized spacial score (nSPS) is 10.2. The lowest BCUT2D eigenvalue weighted by molar-refractivity contribution is -0.115. The van der Waals surface area contributed by atoms with Crippen LogP contribution >= 0.6 is 34.2 Å². The van der Waals surface area contributed by atoms with Gasteiger partial charge in [-0.25, -0.2) is 0 Å². The molecule has 24 heavy (non-hydrogen) atoms. The quantitative estimate of drug-likeness (QED) is 0.646. The average molecular weight is 459 g/mol. The van der Waals surface area contributed by atoms with E-state index in [9.17, 15) is 9.59 Å². The number of carbonyl (C=O) groups is 2. The molecule has 5 nitrogen and oxygen atoms in total. The summed E-state index contributed by atoms with van der Waals surface area (Å²) in [5.74, 6) is 0.00502. The number of rotatable bonds is 5. The molecular formula is C17H16ClIN2O3. The minimum atomic E-state index is -0.343. The minimum Gasteiger partial charge on any atom is -0.496 e. The second-order valence-electron chi connectivity index (χ2n) is 4.90. The molecule has 2 amide bonds. The van der Waals surface area contributed by atoms with Crippen molar-refractivity contribution in [3.8, 4) is 5.75 Å². The Bertz CT molecular complexity index is 780. The SMILES string of the molecule is CCC(=O)Nc1cccc(NC(=O)c2cc(Cl)c(I)cc2OC)c1. The van der Waals surface area contributed by atoms with Crippen LogP contribution in [-0.4, -0.2) is 18.9 Å². The van der Waals surface area contributed by atoms with Crippen molar-refractivity contribution in [2.24, 2.45) is 0 Å². The van der Waals surface area contributed by atoms with E-state index in [-0.39, 0.29) is 11.8 Å². The first kappa shape index (κ1) is 18.5. The molecule has 0 aliphatic rings. The first-order valence-corrected chi connectivity index (χ1v) is 8.64. The maximum atomic E-state index is 12.5. The van der Waals surface area contributed by atoms with Gasteiger partial charge in [-0.3, -0.25) is 9.59 Å². The fourth-order valence-corrected chi connectivity index (χ4v) is 2.60. The van der Waals surface area contributed by atoms with Crippen molar-refractivity contribution in [1.82, 2.24) is 0 Å². The molecule has 0 saturated heterocycles. The highest BCUT2D eigenvalue weighted by atomic mass is 127. The predicted molar refractivity (Wildman–Crippen MR) is 104 cm³/mol. The van der Waals surface area contributed by atoms with E-state index in [1.165, 1.54) is 7.11 Å². The van der Waals surface area contributed by atoms with Gasteiger partial charge in [0, 0.05) is 21.4 Å². The molecule has 0 atom stereocenters. The van der Waals surface area contributed by atoms with E-state index in [2.05, 4.69) is 33.2 Å². The maximum Gasteiger partial charge on any atom is 0.259 e. The lowest BCUT2D eigenvalue weighted by Crippen LogP contribution is -2.14. The summed E-state index contributed by atoms with van der Waals surface area (Å²) in [7, 11) is 1.50. The van der Waals surface area contributed by atoms with Crippen LogP contribution in [-0.2, 0) is 4.79 Å². The number of methoxy groups -OCH3 is 1. The van der Waals surface area contributed by atoms with Gasteiger partial charge in [0.2, 0.25) is 5.91 Å². The zero-order chi connectivity index (χ0) is 17.7. The standard InChI is InChI=1S/C17H16ClIN2O3/c1-3-16(22)20-10-5-4-6-11(7-10)21-17(23)12-8-13(18)14(19)9-15(12)24-2/h4-9H,3H2,1-2H3,(H,20,22)(H,21,23). The zero-order valence-corrected chi connectivity index (χ0v) is 16.1. The highest BCUT2D eigenvalue weighted by Gasteiger charge is 2.15. The molecule has 126 valence electrons. The van der Waals surface area contributed by atoms with Crippen LogP contribution in [0.4, 0.5) is 11.4 Å². The third-order valence-electron chi connectivity index (χ3n) is 3.21. The molecule has 2 N–H and O–H groups in total. The molecule has 7 heteroatoms. The molecule has 2 aromatic rings. The summed E-state index contributed by atoms with van der Waals surface area (Å²) in [4.78, 5) is 24.0. The Balaban J connectivity index is 2.22. The summed E-state index contributed by atoms with van der Waals surface area (Å²) in [5, 5.41) is 6.00. The molecule has 0 heterocycles. The number of halogens is 2. The van der Waals surface area contributed by atoms with Crippen molar-refractivity contribution in [3.05, 3.63) is 50.6 Å². The average Bonchev–Trinajstić information content (AvgIpc) is 2.57. The molecule has 2 rings (SSSR count). The summed E-state index contributed by atoms with van der Waals surface area (Å²) in [5.41, 5.74) is 1.52. The Morgan fingerprint density at radius 3 is 2.46 bits per heavy atom. The van der Waals surface area contributed by atoms with Crippen LogP contribution in [0, 0.1) is 3.57 Å². The van der Waals surface area contributed by atoms with Crippen molar-refractivity contribution in [2.45, 2.75) is 13.3 Å². The molecule has 0 bridgehead atoms. The largest absolute Gasteiger partial charge is 0.496 e. The van der Waals surface area contributed by atoms with Gasteiger partial charge in [0.15, 0.2) is 0 Å². The third-order valence-corrected chi connectivity index (χ3v) is 4.74. The first-order valence-electron chi connectivity index (χ1n) is 7.19. The lowest BCUT2D eigenvalue weighted by atomic mass is 10.1. The summed E-state index contributed by atoms with van der Waals surface area (Å²) in [6.07, 6.45) is 0.384. The van der Waals surface area contributed by atoms with Crippen LogP contribution in [0.5, 0.6) is 5.75 Å². The van der Waals surface area contributed by atoms with Gasteiger partial charge in [-0.15, -0.1) is 0 Å². The monoisotopic (exact) mass is 458 g/mol. The van der Waals surface area contributed by atoms with Gasteiger partial charge in [0.05, 0.1) is 17.7 Å². The van der Waals surface area contributed by atoms with E-state index < -0.39 is 0 Å². The van der Waals surface area contributed by atoms with E-state index in [1.54, 1.807) is 43.3 Å². The van der Waals surface area contributed by atoms with Gasteiger partial charge >= 0.3 is 0 Å². The highest BCUT2D eigenvalue weighted by molar-refractivity contribution is 14.1. The lowest BCUT2D eigenvalue weighted by Gasteiger charge is -2.12. The number of hydrogen-bond acceptors (Lipinski definition) is 3. The van der Waals surface area contributed by atoms with Crippen LogP contribution in [0.25, 0.3) is 0 Å². The van der Waals surface area contributed by atoms with E-state index in [4.69, 9.17) is 16.3 Å². The maximum absolute atomic E-state index is 12.5. The molecule has 0 aliphatic heterocycles. The fraction of sp³-hybridized carbons (Fsp3) is 0.176. The van der Waals surface area contributed by atoms with E-state index in [1.807, 2.05) is 0 Å². The number of nitrogens with one attached hydrogen (secondary N) is 2. The summed E-state index contributed by atoms with van der Waals surface area (Å²) in [6.45, 7) is 1.77. The van der Waals surface area contributed by atoms with Crippen LogP contribution in [0.2, 0.25) is 5.02 Å². The number of amides is 2.